The van der Waals surface area contributed by atoms with Gasteiger partial charge in [-0.05, 0) is 61.2 Å². The van der Waals surface area contributed by atoms with Crippen LogP contribution in [0.15, 0.2) is 40.9 Å². The van der Waals surface area contributed by atoms with Crippen molar-refractivity contribution in [3.63, 3.8) is 0 Å². The molecule has 1 N–H and O–H groups in total. The molecular formula is C19H22BrNO2. The highest BCUT2D eigenvalue weighted by Gasteiger charge is 2.11. The molecule has 0 aliphatic heterocycles. The van der Waals surface area contributed by atoms with Gasteiger partial charge in [0, 0.05) is 15.7 Å². The summed E-state index contributed by atoms with van der Waals surface area (Å²) in [7, 11) is 0. The van der Waals surface area contributed by atoms with Crippen LogP contribution in [0.1, 0.15) is 35.3 Å². The fourth-order valence-electron chi connectivity index (χ4n) is 2.28. The van der Waals surface area contributed by atoms with Gasteiger partial charge >= 0.3 is 0 Å². The van der Waals surface area contributed by atoms with Gasteiger partial charge in [0.05, 0.1) is 6.61 Å². The number of hydrogen-bond donors (Lipinski definition) is 1. The molecule has 0 radical (unpaired) electrons. The Hall–Kier alpha value is -1.81. The van der Waals surface area contributed by atoms with E-state index in [4.69, 9.17) is 4.74 Å². The lowest BCUT2D eigenvalue weighted by Crippen LogP contribution is -2.14. The molecule has 122 valence electrons. The summed E-state index contributed by atoms with van der Waals surface area (Å²) in [5.41, 5.74) is 3.49. The molecule has 0 aliphatic carbocycles. The SMILES string of the molecule is Cc1cc(Br)cc(C)c1NC(=O)c1cccc(OCC(C)C)c1. The van der Waals surface area contributed by atoms with Crippen molar-refractivity contribution >= 4 is 27.5 Å². The number of nitrogens with one attached hydrogen (secondary N) is 1. The summed E-state index contributed by atoms with van der Waals surface area (Å²) < 4.78 is 6.69. The Morgan fingerprint density at radius 3 is 2.43 bits per heavy atom. The fourth-order valence-corrected chi connectivity index (χ4v) is 2.97. The fraction of sp³-hybridized carbons (Fsp3) is 0.316. The second-order valence-electron chi connectivity index (χ2n) is 6.10. The summed E-state index contributed by atoms with van der Waals surface area (Å²) in [4.78, 5) is 12.5. The third kappa shape index (κ3) is 4.83. The molecule has 0 unspecified atom stereocenters. The number of anilines is 1. The zero-order valence-electron chi connectivity index (χ0n) is 13.9. The van der Waals surface area contributed by atoms with Crippen molar-refractivity contribution in [2.75, 3.05) is 11.9 Å². The maximum atomic E-state index is 12.5. The zero-order chi connectivity index (χ0) is 17.0. The van der Waals surface area contributed by atoms with Gasteiger partial charge in [0.25, 0.3) is 5.91 Å². The lowest BCUT2D eigenvalue weighted by molar-refractivity contribution is 0.102. The maximum absolute atomic E-state index is 12.5. The second-order valence-corrected chi connectivity index (χ2v) is 7.02. The van der Waals surface area contributed by atoms with Crippen LogP contribution < -0.4 is 10.1 Å². The number of carbonyl (C=O) groups is 1. The van der Waals surface area contributed by atoms with Crippen molar-refractivity contribution in [1.29, 1.82) is 0 Å². The van der Waals surface area contributed by atoms with Crippen molar-refractivity contribution in [3.05, 3.63) is 57.6 Å². The van der Waals surface area contributed by atoms with E-state index in [9.17, 15) is 4.79 Å². The van der Waals surface area contributed by atoms with E-state index < -0.39 is 0 Å². The van der Waals surface area contributed by atoms with E-state index in [0.29, 0.717) is 18.1 Å². The van der Waals surface area contributed by atoms with Gasteiger partial charge in [-0.2, -0.15) is 0 Å². The Kier molecular flexibility index (Phi) is 5.83. The van der Waals surface area contributed by atoms with Gasteiger partial charge in [-0.15, -0.1) is 0 Å². The third-order valence-corrected chi connectivity index (χ3v) is 3.87. The van der Waals surface area contributed by atoms with Gasteiger partial charge in [-0.1, -0.05) is 35.8 Å². The molecule has 0 aromatic heterocycles. The van der Waals surface area contributed by atoms with Gasteiger partial charge in [0.15, 0.2) is 0 Å². The van der Waals surface area contributed by atoms with Crippen LogP contribution in [0, 0.1) is 19.8 Å². The highest BCUT2D eigenvalue weighted by Crippen LogP contribution is 2.26. The molecule has 2 aromatic carbocycles. The number of aryl methyl sites for hydroxylation is 2. The highest BCUT2D eigenvalue weighted by molar-refractivity contribution is 9.10. The number of carbonyl (C=O) groups excluding carboxylic acids is 1. The number of amides is 1. The van der Waals surface area contributed by atoms with Crippen LogP contribution >= 0.6 is 15.9 Å². The highest BCUT2D eigenvalue weighted by atomic mass is 79.9. The number of benzene rings is 2. The Morgan fingerprint density at radius 2 is 1.83 bits per heavy atom. The van der Waals surface area contributed by atoms with Gasteiger partial charge in [0.2, 0.25) is 0 Å². The topological polar surface area (TPSA) is 38.3 Å². The Bertz CT molecular complexity index is 687. The molecule has 2 rings (SSSR count). The lowest BCUT2D eigenvalue weighted by atomic mass is 10.1. The summed E-state index contributed by atoms with van der Waals surface area (Å²) in [5.74, 6) is 1.03. The number of rotatable bonds is 5. The minimum Gasteiger partial charge on any atom is -0.493 e. The molecule has 0 saturated heterocycles. The smallest absolute Gasteiger partial charge is 0.255 e. The average Bonchev–Trinajstić information content (AvgIpc) is 2.49. The summed E-state index contributed by atoms with van der Waals surface area (Å²) in [6.45, 7) is 8.78. The van der Waals surface area contributed by atoms with Gasteiger partial charge < -0.3 is 10.1 Å². The molecule has 0 atom stereocenters. The normalized spacial score (nSPS) is 10.7. The predicted octanol–water partition coefficient (Wildman–Crippen LogP) is 5.35. The minimum atomic E-state index is -0.131. The molecule has 0 bridgehead atoms. The van der Waals surface area contributed by atoms with E-state index in [2.05, 4.69) is 35.1 Å². The minimum absolute atomic E-state index is 0.131. The molecule has 4 heteroatoms. The van der Waals surface area contributed by atoms with Crippen molar-refractivity contribution in [1.82, 2.24) is 0 Å². The van der Waals surface area contributed by atoms with E-state index in [-0.39, 0.29) is 5.91 Å². The molecule has 0 saturated carbocycles. The van der Waals surface area contributed by atoms with Crippen LogP contribution in [0.2, 0.25) is 0 Å². The average molecular weight is 376 g/mol. The number of hydrogen-bond acceptors (Lipinski definition) is 2. The van der Waals surface area contributed by atoms with Crippen molar-refractivity contribution in [2.45, 2.75) is 27.7 Å². The van der Waals surface area contributed by atoms with Crippen LogP contribution in [-0.2, 0) is 0 Å². The first-order valence-electron chi connectivity index (χ1n) is 7.67. The summed E-state index contributed by atoms with van der Waals surface area (Å²) in [5, 5.41) is 3.00. The van der Waals surface area contributed by atoms with Crippen LogP contribution in [0.4, 0.5) is 5.69 Å². The number of halogens is 1. The molecule has 0 spiro atoms. The first-order valence-corrected chi connectivity index (χ1v) is 8.47. The maximum Gasteiger partial charge on any atom is 0.255 e. The van der Waals surface area contributed by atoms with E-state index in [1.165, 1.54) is 0 Å². The summed E-state index contributed by atoms with van der Waals surface area (Å²) in [6, 6.07) is 11.3. The van der Waals surface area contributed by atoms with Crippen LogP contribution in [-0.4, -0.2) is 12.5 Å². The molecule has 3 nitrogen and oxygen atoms in total. The molecule has 0 fully saturated rings. The third-order valence-electron chi connectivity index (χ3n) is 3.42. The first kappa shape index (κ1) is 17.5. The zero-order valence-corrected chi connectivity index (χ0v) is 15.5. The van der Waals surface area contributed by atoms with Crippen molar-refractivity contribution in [2.24, 2.45) is 5.92 Å². The Morgan fingerprint density at radius 1 is 1.17 bits per heavy atom. The summed E-state index contributed by atoms with van der Waals surface area (Å²) >= 11 is 3.47. The predicted molar refractivity (Wildman–Crippen MR) is 98.3 cm³/mol. The van der Waals surface area contributed by atoms with Crippen molar-refractivity contribution < 1.29 is 9.53 Å². The van der Waals surface area contributed by atoms with Gasteiger partial charge in [0.1, 0.15) is 5.75 Å². The second kappa shape index (κ2) is 7.64. The van der Waals surface area contributed by atoms with E-state index in [1.807, 2.05) is 38.1 Å². The lowest BCUT2D eigenvalue weighted by Gasteiger charge is -2.13. The van der Waals surface area contributed by atoms with Gasteiger partial charge in [-0.25, -0.2) is 0 Å². The quantitative estimate of drug-likeness (QED) is 0.764. The Balaban J connectivity index is 2.17. The Labute approximate surface area is 146 Å². The largest absolute Gasteiger partial charge is 0.493 e. The monoisotopic (exact) mass is 375 g/mol. The summed E-state index contributed by atoms with van der Waals surface area (Å²) in [6.07, 6.45) is 0. The van der Waals surface area contributed by atoms with Gasteiger partial charge in [-0.3, -0.25) is 4.79 Å². The van der Waals surface area contributed by atoms with Crippen molar-refractivity contribution in [3.8, 4) is 5.75 Å². The molecule has 0 aliphatic rings. The molecule has 23 heavy (non-hydrogen) atoms. The molecule has 1 amide bonds. The molecular weight excluding hydrogens is 354 g/mol. The molecule has 2 aromatic rings. The standard InChI is InChI=1S/C19H22BrNO2/c1-12(2)11-23-17-7-5-6-15(10-17)19(22)21-18-13(3)8-16(20)9-14(18)4/h5-10,12H,11H2,1-4H3,(H,21,22). The first-order chi connectivity index (χ1) is 10.9. The van der Waals surface area contributed by atoms with E-state index >= 15 is 0 Å². The van der Waals surface area contributed by atoms with Crippen LogP contribution in [0.25, 0.3) is 0 Å². The van der Waals surface area contributed by atoms with E-state index in [1.54, 1.807) is 12.1 Å². The van der Waals surface area contributed by atoms with Crippen LogP contribution in [0.3, 0.4) is 0 Å². The van der Waals surface area contributed by atoms with Crippen LogP contribution in [0.5, 0.6) is 5.75 Å². The van der Waals surface area contributed by atoms with E-state index in [0.717, 1.165) is 27.0 Å². The number of ether oxygens (including phenoxy) is 1. The molecule has 0 heterocycles.